The van der Waals surface area contributed by atoms with Crippen molar-refractivity contribution in [2.75, 3.05) is 10.6 Å². The average molecular weight is 333 g/mol. The molecule has 0 atom stereocenters. The molecule has 2 fully saturated rings. The average Bonchev–Trinajstić information content (AvgIpc) is 2.58. The summed E-state index contributed by atoms with van der Waals surface area (Å²) in [7, 11) is 0. The largest absolute Gasteiger partial charge is 0.381 e. The van der Waals surface area contributed by atoms with E-state index in [0.29, 0.717) is 12.1 Å². The van der Waals surface area contributed by atoms with E-state index in [0.717, 1.165) is 16.5 Å². The van der Waals surface area contributed by atoms with Gasteiger partial charge in [-0.3, -0.25) is 4.98 Å². The molecular weight excluding hydrogens is 304 g/mol. The molecule has 2 saturated carbocycles. The van der Waals surface area contributed by atoms with Crippen molar-refractivity contribution < 1.29 is 0 Å². The monoisotopic (exact) mass is 332 g/mol. The maximum Gasteiger partial charge on any atom is 0.171 e. The Morgan fingerprint density at radius 3 is 2.26 bits per heavy atom. The van der Waals surface area contributed by atoms with Crippen LogP contribution in [-0.2, 0) is 0 Å². The van der Waals surface area contributed by atoms with E-state index in [-0.39, 0.29) is 0 Å². The van der Waals surface area contributed by atoms with Crippen molar-refractivity contribution in [3.05, 3.63) is 18.5 Å². The van der Waals surface area contributed by atoms with Gasteiger partial charge in [0.25, 0.3) is 0 Å². The van der Waals surface area contributed by atoms with Gasteiger partial charge < -0.3 is 16.0 Å². The summed E-state index contributed by atoms with van der Waals surface area (Å²) in [6, 6.07) is 3.14. The lowest BCUT2D eigenvalue weighted by molar-refractivity contribution is 0.415. The zero-order chi connectivity index (χ0) is 15.9. The molecule has 0 unspecified atom stereocenters. The molecule has 1 aromatic heterocycles. The van der Waals surface area contributed by atoms with Gasteiger partial charge in [-0.25, -0.2) is 0 Å². The molecule has 0 amide bonds. The van der Waals surface area contributed by atoms with Gasteiger partial charge in [0.15, 0.2) is 5.11 Å². The second kappa shape index (κ2) is 8.48. The number of thiocarbonyl (C=S) groups is 1. The molecule has 1 aromatic rings. The zero-order valence-electron chi connectivity index (χ0n) is 13.8. The van der Waals surface area contributed by atoms with Gasteiger partial charge in [0, 0.05) is 18.3 Å². The topological polar surface area (TPSA) is 49.0 Å². The highest BCUT2D eigenvalue weighted by Gasteiger charge is 2.16. The summed E-state index contributed by atoms with van der Waals surface area (Å²) < 4.78 is 0. The van der Waals surface area contributed by atoms with Crippen LogP contribution in [0, 0.1) is 0 Å². The number of nitrogens with one attached hydrogen (secondary N) is 3. The fraction of sp³-hybridized carbons (Fsp3) is 0.667. The summed E-state index contributed by atoms with van der Waals surface area (Å²) in [5, 5.41) is 11.2. The molecule has 0 bridgehead atoms. The normalized spacial score (nSPS) is 20.0. The number of pyridine rings is 1. The Labute approximate surface area is 144 Å². The smallest absolute Gasteiger partial charge is 0.171 e. The second-order valence-electron chi connectivity index (χ2n) is 6.83. The highest BCUT2D eigenvalue weighted by molar-refractivity contribution is 7.80. The Morgan fingerprint density at radius 1 is 0.913 bits per heavy atom. The fourth-order valence-electron chi connectivity index (χ4n) is 3.68. The Morgan fingerprint density at radius 2 is 1.57 bits per heavy atom. The second-order valence-corrected chi connectivity index (χ2v) is 7.24. The minimum Gasteiger partial charge on any atom is -0.381 e. The van der Waals surface area contributed by atoms with Crippen LogP contribution in [0.15, 0.2) is 18.5 Å². The molecule has 3 rings (SSSR count). The zero-order valence-corrected chi connectivity index (χ0v) is 14.6. The molecule has 4 nitrogen and oxygen atoms in total. The molecule has 1 heterocycles. The first-order valence-corrected chi connectivity index (χ1v) is 9.50. The van der Waals surface area contributed by atoms with Crippen molar-refractivity contribution in [3.8, 4) is 0 Å². The van der Waals surface area contributed by atoms with Gasteiger partial charge in [-0.05, 0) is 44.0 Å². The highest BCUT2D eigenvalue weighted by atomic mass is 32.1. The summed E-state index contributed by atoms with van der Waals surface area (Å²) in [6.07, 6.45) is 16.7. The maximum atomic E-state index is 5.50. The maximum absolute atomic E-state index is 5.50. The third kappa shape index (κ3) is 5.06. The molecule has 0 saturated heterocycles. The standard InChI is InChI=1S/C18H28N4S/c23-18(21-15-9-5-2-6-10-15)22-17-13-19-12-11-16(17)20-14-7-3-1-4-8-14/h11-15H,1-10H2,(H,19,20)(H2,21,22,23). The summed E-state index contributed by atoms with van der Waals surface area (Å²) in [5.74, 6) is 0. The number of nitrogens with zero attached hydrogens (tertiary/aromatic N) is 1. The van der Waals surface area contributed by atoms with Gasteiger partial charge in [-0.15, -0.1) is 0 Å². The van der Waals surface area contributed by atoms with E-state index >= 15 is 0 Å². The first kappa shape index (κ1) is 16.5. The lowest BCUT2D eigenvalue weighted by Gasteiger charge is -2.26. The van der Waals surface area contributed by atoms with Crippen LogP contribution in [0.5, 0.6) is 0 Å². The fourth-order valence-corrected chi connectivity index (χ4v) is 3.95. The Kier molecular flexibility index (Phi) is 6.08. The number of hydrogen-bond donors (Lipinski definition) is 3. The Balaban J connectivity index is 1.57. The molecule has 0 spiro atoms. The van der Waals surface area contributed by atoms with Gasteiger partial charge in [0.2, 0.25) is 0 Å². The van der Waals surface area contributed by atoms with Crippen LogP contribution in [0.25, 0.3) is 0 Å². The van der Waals surface area contributed by atoms with E-state index < -0.39 is 0 Å². The number of aromatic nitrogens is 1. The number of rotatable bonds is 4. The van der Waals surface area contributed by atoms with Crippen LogP contribution in [0.3, 0.4) is 0 Å². The molecule has 0 aliphatic heterocycles. The van der Waals surface area contributed by atoms with Crippen molar-refractivity contribution in [2.24, 2.45) is 0 Å². The number of anilines is 2. The van der Waals surface area contributed by atoms with Crippen molar-refractivity contribution in [1.29, 1.82) is 0 Å². The molecule has 2 aliphatic carbocycles. The minimum absolute atomic E-state index is 0.523. The van der Waals surface area contributed by atoms with Gasteiger partial charge in [-0.1, -0.05) is 38.5 Å². The Bertz CT molecular complexity index is 507. The van der Waals surface area contributed by atoms with Crippen LogP contribution >= 0.6 is 12.2 Å². The van der Waals surface area contributed by atoms with E-state index in [1.807, 2.05) is 18.5 Å². The molecular formula is C18H28N4S. The third-order valence-corrected chi connectivity index (χ3v) is 5.19. The van der Waals surface area contributed by atoms with Gasteiger partial charge in [0.05, 0.1) is 17.6 Å². The molecule has 23 heavy (non-hydrogen) atoms. The van der Waals surface area contributed by atoms with Crippen molar-refractivity contribution in [1.82, 2.24) is 10.3 Å². The summed E-state index contributed by atoms with van der Waals surface area (Å²) >= 11 is 5.50. The van der Waals surface area contributed by atoms with E-state index in [1.54, 1.807) is 0 Å². The van der Waals surface area contributed by atoms with E-state index in [2.05, 4.69) is 20.9 Å². The van der Waals surface area contributed by atoms with Gasteiger partial charge in [-0.2, -0.15) is 0 Å². The van der Waals surface area contributed by atoms with E-state index in [9.17, 15) is 0 Å². The molecule has 0 radical (unpaired) electrons. The van der Waals surface area contributed by atoms with Crippen LogP contribution in [0.2, 0.25) is 0 Å². The van der Waals surface area contributed by atoms with Crippen molar-refractivity contribution in [2.45, 2.75) is 76.3 Å². The van der Waals surface area contributed by atoms with Gasteiger partial charge in [0.1, 0.15) is 0 Å². The van der Waals surface area contributed by atoms with Crippen LogP contribution < -0.4 is 16.0 Å². The SMILES string of the molecule is S=C(Nc1cnccc1NC1CCCCC1)NC1CCCCC1. The van der Waals surface area contributed by atoms with Crippen LogP contribution in [0.4, 0.5) is 11.4 Å². The molecule has 126 valence electrons. The lowest BCUT2D eigenvalue weighted by atomic mass is 9.95. The molecule has 5 heteroatoms. The quantitative estimate of drug-likeness (QED) is 0.711. The molecule has 3 N–H and O–H groups in total. The summed E-state index contributed by atoms with van der Waals surface area (Å²) in [5.41, 5.74) is 2.09. The third-order valence-electron chi connectivity index (χ3n) is 4.97. The minimum atomic E-state index is 0.523. The summed E-state index contributed by atoms with van der Waals surface area (Å²) in [6.45, 7) is 0. The first-order chi connectivity index (χ1) is 11.3. The first-order valence-electron chi connectivity index (χ1n) is 9.09. The predicted octanol–water partition coefficient (Wildman–Crippen LogP) is 4.45. The van der Waals surface area contributed by atoms with Crippen molar-refractivity contribution >= 4 is 28.7 Å². The van der Waals surface area contributed by atoms with Crippen LogP contribution in [0.1, 0.15) is 64.2 Å². The molecule has 0 aromatic carbocycles. The highest BCUT2D eigenvalue weighted by Crippen LogP contribution is 2.26. The van der Waals surface area contributed by atoms with Gasteiger partial charge >= 0.3 is 0 Å². The lowest BCUT2D eigenvalue weighted by Crippen LogP contribution is -2.39. The van der Waals surface area contributed by atoms with E-state index in [4.69, 9.17) is 12.2 Å². The Hall–Kier alpha value is -1.36. The van der Waals surface area contributed by atoms with Crippen LogP contribution in [-0.4, -0.2) is 22.2 Å². The number of hydrogen-bond acceptors (Lipinski definition) is 3. The van der Waals surface area contributed by atoms with Crippen molar-refractivity contribution in [3.63, 3.8) is 0 Å². The molecule has 2 aliphatic rings. The van der Waals surface area contributed by atoms with E-state index in [1.165, 1.54) is 64.2 Å². The predicted molar refractivity (Wildman–Crippen MR) is 101 cm³/mol. The summed E-state index contributed by atoms with van der Waals surface area (Å²) in [4.78, 5) is 4.25.